The number of benzene rings is 1. The van der Waals surface area contributed by atoms with Gasteiger partial charge < -0.3 is 15.2 Å². The number of aromatic carboxylic acids is 1. The Bertz CT molecular complexity index is 740. The summed E-state index contributed by atoms with van der Waals surface area (Å²) < 4.78 is 6.82. The SMILES string of the molecule is CC(CCc1ccc(OC(C)C)cc1)NC(=O)Cn1cc(C(=O)O)nn1. The average Bonchev–Trinajstić information content (AvgIpc) is 3.02. The molecule has 8 nitrogen and oxygen atoms in total. The zero-order chi connectivity index (χ0) is 19.1. The molecule has 0 saturated heterocycles. The van der Waals surface area contributed by atoms with E-state index in [1.165, 1.54) is 16.4 Å². The van der Waals surface area contributed by atoms with E-state index < -0.39 is 5.97 Å². The molecule has 0 saturated carbocycles. The highest BCUT2D eigenvalue weighted by molar-refractivity contribution is 5.84. The van der Waals surface area contributed by atoms with Crippen LogP contribution in [0.2, 0.25) is 0 Å². The molecule has 1 atom stereocenters. The molecule has 1 aromatic carbocycles. The van der Waals surface area contributed by atoms with Crippen molar-refractivity contribution >= 4 is 11.9 Å². The van der Waals surface area contributed by atoms with Crippen molar-refractivity contribution in [3.63, 3.8) is 0 Å². The van der Waals surface area contributed by atoms with Crippen LogP contribution in [0, 0.1) is 0 Å². The number of ether oxygens (including phenoxy) is 1. The predicted molar refractivity (Wildman–Crippen MR) is 95.1 cm³/mol. The van der Waals surface area contributed by atoms with Gasteiger partial charge in [0.1, 0.15) is 12.3 Å². The standard InChI is InChI=1S/C18H24N4O4/c1-12(2)26-15-8-6-14(7-9-15)5-4-13(3)19-17(23)11-22-10-16(18(24)25)20-21-22/h6-10,12-13H,4-5,11H2,1-3H3,(H,19,23)(H,24,25). The van der Waals surface area contributed by atoms with Gasteiger partial charge in [0, 0.05) is 6.04 Å². The first kappa shape index (κ1) is 19.4. The zero-order valence-electron chi connectivity index (χ0n) is 15.2. The Morgan fingerprint density at radius 2 is 1.92 bits per heavy atom. The summed E-state index contributed by atoms with van der Waals surface area (Å²) in [6, 6.07) is 7.92. The molecule has 1 aromatic heterocycles. The fourth-order valence-corrected chi connectivity index (χ4v) is 2.40. The molecule has 140 valence electrons. The van der Waals surface area contributed by atoms with Crippen molar-refractivity contribution in [2.45, 2.75) is 52.3 Å². The Kier molecular flexibility index (Phi) is 6.71. The van der Waals surface area contributed by atoms with E-state index in [1.807, 2.05) is 45.0 Å². The van der Waals surface area contributed by atoms with Gasteiger partial charge in [0.05, 0.1) is 12.3 Å². The molecule has 0 aliphatic carbocycles. The summed E-state index contributed by atoms with van der Waals surface area (Å²) >= 11 is 0. The Balaban J connectivity index is 1.76. The van der Waals surface area contributed by atoms with Crippen LogP contribution >= 0.6 is 0 Å². The van der Waals surface area contributed by atoms with Crippen LogP contribution < -0.4 is 10.1 Å². The number of amides is 1. The van der Waals surface area contributed by atoms with E-state index in [9.17, 15) is 9.59 Å². The van der Waals surface area contributed by atoms with Gasteiger partial charge in [0.15, 0.2) is 5.69 Å². The molecule has 2 aromatic rings. The normalized spacial score (nSPS) is 12.0. The van der Waals surface area contributed by atoms with Gasteiger partial charge in [-0.2, -0.15) is 0 Å². The van der Waals surface area contributed by atoms with Gasteiger partial charge in [-0.15, -0.1) is 5.10 Å². The maximum Gasteiger partial charge on any atom is 0.358 e. The third-order valence-electron chi connectivity index (χ3n) is 3.63. The van der Waals surface area contributed by atoms with Gasteiger partial charge in [-0.3, -0.25) is 4.79 Å². The van der Waals surface area contributed by atoms with E-state index in [0.29, 0.717) is 0 Å². The number of nitrogens with zero attached hydrogens (tertiary/aromatic N) is 3. The van der Waals surface area contributed by atoms with Crippen LogP contribution in [0.3, 0.4) is 0 Å². The van der Waals surface area contributed by atoms with Gasteiger partial charge >= 0.3 is 5.97 Å². The quantitative estimate of drug-likeness (QED) is 0.707. The lowest BCUT2D eigenvalue weighted by Crippen LogP contribution is -2.35. The Morgan fingerprint density at radius 1 is 1.23 bits per heavy atom. The van der Waals surface area contributed by atoms with Crippen molar-refractivity contribution in [1.29, 1.82) is 0 Å². The van der Waals surface area contributed by atoms with Gasteiger partial charge in [0.25, 0.3) is 0 Å². The molecule has 0 bridgehead atoms. The van der Waals surface area contributed by atoms with Crippen molar-refractivity contribution in [3.05, 3.63) is 41.7 Å². The van der Waals surface area contributed by atoms with E-state index in [0.717, 1.165) is 18.6 Å². The maximum absolute atomic E-state index is 12.0. The fraction of sp³-hybridized carbons (Fsp3) is 0.444. The minimum Gasteiger partial charge on any atom is -0.491 e. The molecule has 0 radical (unpaired) electrons. The second kappa shape index (κ2) is 8.98. The third-order valence-corrected chi connectivity index (χ3v) is 3.63. The maximum atomic E-state index is 12.0. The minimum atomic E-state index is -1.17. The number of hydrogen-bond donors (Lipinski definition) is 2. The first-order valence-electron chi connectivity index (χ1n) is 8.52. The van der Waals surface area contributed by atoms with E-state index in [4.69, 9.17) is 9.84 Å². The monoisotopic (exact) mass is 360 g/mol. The number of carbonyl (C=O) groups excluding carboxylic acids is 1. The van der Waals surface area contributed by atoms with Crippen LogP contribution in [-0.4, -0.2) is 44.1 Å². The van der Waals surface area contributed by atoms with Gasteiger partial charge in [0.2, 0.25) is 5.91 Å². The summed E-state index contributed by atoms with van der Waals surface area (Å²) in [6.45, 7) is 5.84. The first-order chi connectivity index (χ1) is 12.3. The summed E-state index contributed by atoms with van der Waals surface area (Å²) in [6.07, 6.45) is 2.99. The Hall–Kier alpha value is -2.90. The van der Waals surface area contributed by atoms with Crippen LogP contribution in [-0.2, 0) is 17.8 Å². The van der Waals surface area contributed by atoms with Crippen LogP contribution in [0.1, 0.15) is 43.2 Å². The van der Waals surface area contributed by atoms with E-state index in [2.05, 4.69) is 15.6 Å². The predicted octanol–water partition coefficient (Wildman–Crippen LogP) is 1.90. The number of carboxylic acid groups (broad SMARTS) is 1. The summed E-state index contributed by atoms with van der Waals surface area (Å²) in [5.74, 6) is -0.562. The Morgan fingerprint density at radius 3 is 2.50 bits per heavy atom. The lowest BCUT2D eigenvalue weighted by molar-refractivity contribution is -0.122. The molecule has 8 heteroatoms. The number of carboxylic acids is 1. The molecule has 0 fully saturated rings. The number of aryl methyl sites for hydroxylation is 1. The van der Waals surface area contributed by atoms with Crippen LogP contribution in [0.25, 0.3) is 0 Å². The molecule has 1 unspecified atom stereocenters. The van der Waals surface area contributed by atoms with Crippen molar-refractivity contribution in [2.24, 2.45) is 0 Å². The van der Waals surface area contributed by atoms with Crippen LogP contribution in [0.5, 0.6) is 5.75 Å². The molecule has 0 aliphatic rings. The number of nitrogens with one attached hydrogen (secondary N) is 1. The topological polar surface area (TPSA) is 106 Å². The summed E-state index contributed by atoms with van der Waals surface area (Å²) in [4.78, 5) is 22.7. The molecule has 1 heterocycles. The highest BCUT2D eigenvalue weighted by atomic mass is 16.5. The summed E-state index contributed by atoms with van der Waals surface area (Å²) in [7, 11) is 0. The van der Waals surface area contributed by atoms with E-state index in [-0.39, 0.29) is 30.3 Å². The molecule has 0 aliphatic heterocycles. The second-order valence-corrected chi connectivity index (χ2v) is 6.42. The molecule has 1 amide bonds. The van der Waals surface area contributed by atoms with Gasteiger partial charge in [-0.05, 0) is 51.3 Å². The molecular weight excluding hydrogens is 336 g/mol. The minimum absolute atomic E-state index is 0.0171. The highest BCUT2D eigenvalue weighted by Crippen LogP contribution is 2.15. The lowest BCUT2D eigenvalue weighted by Gasteiger charge is -2.14. The number of hydrogen-bond acceptors (Lipinski definition) is 5. The van der Waals surface area contributed by atoms with Crippen molar-refractivity contribution in [2.75, 3.05) is 0 Å². The third kappa shape index (κ3) is 6.19. The molecule has 2 rings (SSSR count). The largest absolute Gasteiger partial charge is 0.491 e. The summed E-state index contributed by atoms with van der Waals surface area (Å²) in [5.41, 5.74) is 0.986. The first-order valence-corrected chi connectivity index (χ1v) is 8.52. The molecular formula is C18H24N4O4. The van der Waals surface area contributed by atoms with Crippen LogP contribution in [0.4, 0.5) is 0 Å². The number of rotatable bonds is 9. The highest BCUT2D eigenvalue weighted by Gasteiger charge is 2.12. The van der Waals surface area contributed by atoms with Crippen molar-refractivity contribution in [1.82, 2.24) is 20.3 Å². The van der Waals surface area contributed by atoms with Gasteiger partial charge in [-0.25, -0.2) is 9.48 Å². The van der Waals surface area contributed by atoms with Gasteiger partial charge in [-0.1, -0.05) is 17.3 Å². The number of aromatic nitrogens is 3. The number of carbonyl (C=O) groups is 2. The van der Waals surface area contributed by atoms with Crippen LogP contribution in [0.15, 0.2) is 30.5 Å². The molecule has 26 heavy (non-hydrogen) atoms. The smallest absolute Gasteiger partial charge is 0.358 e. The van der Waals surface area contributed by atoms with Crippen molar-refractivity contribution in [3.8, 4) is 5.75 Å². The van der Waals surface area contributed by atoms with E-state index >= 15 is 0 Å². The zero-order valence-corrected chi connectivity index (χ0v) is 15.2. The second-order valence-electron chi connectivity index (χ2n) is 6.42. The molecule has 0 spiro atoms. The lowest BCUT2D eigenvalue weighted by atomic mass is 10.1. The molecule has 2 N–H and O–H groups in total. The Labute approximate surface area is 152 Å². The average molecular weight is 360 g/mol. The summed E-state index contributed by atoms with van der Waals surface area (Å²) in [5, 5.41) is 18.8. The fourth-order valence-electron chi connectivity index (χ4n) is 2.40. The van der Waals surface area contributed by atoms with E-state index in [1.54, 1.807) is 0 Å². The van der Waals surface area contributed by atoms with Crippen molar-refractivity contribution < 1.29 is 19.4 Å².